The Bertz CT molecular complexity index is 680. The Morgan fingerprint density at radius 1 is 1.30 bits per heavy atom. The lowest BCUT2D eigenvalue weighted by Crippen LogP contribution is -2.25. The monoisotopic (exact) mass is 317 g/mol. The Kier molecular flexibility index (Phi) is 5.76. The number of hydrogen-bond acceptors (Lipinski definition) is 5. The van der Waals surface area contributed by atoms with Gasteiger partial charge in [0.25, 0.3) is 0 Å². The second-order valence-corrected chi connectivity index (χ2v) is 5.26. The highest BCUT2D eigenvalue weighted by molar-refractivity contribution is 5.55. The number of ether oxygens (including phenoxy) is 2. The third-order valence-electron chi connectivity index (χ3n) is 3.32. The molecule has 1 atom stereocenters. The largest absolute Gasteiger partial charge is 0.493 e. The van der Waals surface area contributed by atoms with Crippen LogP contribution in [0.15, 0.2) is 24.3 Å². The van der Waals surface area contributed by atoms with Gasteiger partial charge in [0.2, 0.25) is 0 Å². The van der Waals surface area contributed by atoms with Crippen LogP contribution in [0.25, 0.3) is 6.08 Å². The number of benzene rings is 1. The fourth-order valence-electron chi connectivity index (χ4n) is 2.27. The molecule has 0 saturated heterocycles. The smallest absolute Gasteiger partial charge is 0.161 e. The lowest BCUT2D eigenvalue weighted by molar-refractivity contribution is 0.0872. The molecule has 1 aromatic carbocycles. The Labute approximate surface area is 136 Å². The summed E-state index contributed by atoms with van der Waals surface area (Å²) >= 11 is 0. The SMILES string of the molecule is C/C=C/c1ccc(OCC(O)Cn2nc(C)nc2C)c(OC)c1. The molecule has 0 fully saturated rings. The minimum atomic E-state index is -0.685. The molecule has 0 saturated carbocycles. The van der Waals surface area contributed by atoms with Crippen LogP contribution >= 0.6 is 0 Å². The standard InChI is InChI=1S/C17H23N3O3/c1-5-6-14-7-8-16(17(9-14)22-4)23-11-15(21)10-20-13(3)18-12(2)19-20/h5-9,15,21H,10-11H2,1-4H3/b6-5+. The number of rotatable bonds is 7. The summed E-state index contributed by atoms with van der Waals surface area (Å²) in [5, 5.41) is 14.4. The van der Waals surface area contributed by atoms with Gasteiger partial charge in [0.05, 0.1) is 13.7 Å². The first-order valence-electron chi connectivity index (χ1n) is 7.53. The highest BCUT2D eigenvalue weighted by Crippen LogP contribution is 2.28. The van der Waals surface area contributed by atoms with Crippen LogP contribution in [0, 0.1) is 13.8 Å². The Balaban J connectivity index is 1.98. The molecule has 1 N–H and O–H groups in total. The van der Waals surface area contributed by atoms with Crippen molar-refractivity contribution in [3.05, 3.63) is 41.5 Å². The predicted molar refractivity (Wildman–Crippen MR) is 88.7 cm³/mol. The number of hydrogen-bond donors (Lipinski definition) is 1. The summed E-state index contributed by atoms with van der Waals surface area (Å²) in [5.74, 6) is 2.71. The first kappa shape index (κ1) is 17.0. The molecule has 6 heteroatoms. The Morgan fingerprint density at radius 2 is 2.09 bits per heavy atom. The van der Waals surface area contributed by atoms with Crippen LogP contribution in [-0.4, -0.2) is 39.7 Å². The molecular weight excluding hydrogens is 294 g/mol. The van der Waals surface area contributed by atoms with Crippen LogP contribution in [-0.2, 0) is 6.54 Å². The van der Waals surface area contributed by atoms with Crippen molar-refractivity contribution in [3.63, 3.8) is 0 Å². The average molecular weight is 317 g/mol. The van der Waals surface area contributed by atoms with Crippen LogP contribution in [0.2, 0.25) is 0 Å². The topological polar surface area (TPSA) is 69.4 Å². The zero-order chi connectivity index (χ0) is 16.8. The highest BCUT2D eigenvalue weighted by atomic mass is 16.5. The molecule has 1 aromatic heterocycles. The van der Waals surface area contributed by atoms with Gasteiger partial charge in [-0.1, -0.05) is 18.2 Å². The second-order valence-electron chi connectivity index (χ2n) is 5.26. The molecular formula is C17H23N3O3. The number of aromatic nitrogens is 3. The van der Waals surface area contributed by atoms with E-state index < -0.39 is 6.10 Å². The Morgan fingerprint density at radius 3 is 2.70 bits per heavy atom. The average Bonchev–Trinajstić information content (AvgIpc) is 2.83. The van der Waals surface area contributed by atoms with E-state index >= 15 is 0 Å². The van der Waals surface area contributed by atoms with E-state index in [-0.39, 0.29) is 6.61 Å². The van der Waals surface area contributed by atoms with E-state index in [1.54, 1.807) is 11.8 Å². The van der Waals surface area contributed by atoms with E-state index in [1.165, 1.54) is 0 Å². The molecule has 124 valence electrons. The van der Waals surface area contributed by atoms with E-state index in [2.05, 4.69) is 10.1 Å². The molecule has 0 radical (unpaired) electrons. The van der Waals surface area contributed by atoms with Gasteiger partial charge >= 0.3 is 0 Å². The van der Waals surface area contributed by atoms with Crippen LogP contribution in [0.3, 0.4) is 0 Å². The van der Waals surface area contributed by atoms with Gasteiger partial charge in [-0.2, -0.15) is 5.10 Å². The van der Waals surface area contributed by atoms with Gasteiger partial charge in [-0.05, 0) is 38.5 Å². The zero-order valence-electron chi connectivity index (χ0n) is 14.0. The number of methoxy groups -OCH3 is 1. The zero-order valence-corrected chi connectivity index (χ0v) is 14.0. The van der Waals surface area contributed by atoms with Crippen molar-refractivity contribution in [3.8, 4) is 11.5 Å². The third-order valence-corrected chi connectivity index (χ3v) is 3.32. The maximum absolute atomic E-state index is 10.1. The molecule has 0 aliphatic rings. The first-order chi connectivity index (χ1) is 11.0. The van der Waals surface area contributed by atoms with Crippen LogP contribution in [0.5, 0.6) is 11.5 Å². The lowest BCUT2D eigenvalue weighted by atomic mass is 10.2. The van der Waals surface area contributed by atoms with E-state index in [9.17, 15) is 5.11 Å². The lowest BCUT2D eigenvalue weighted by Gasteiger charge is -2.15. The molecule has 0 aliphatic heterocycles. The van der Waals surface area contributed by atoms with Crippen molar-refractivity contribution in [2.75, 3.05) is 13.7 Å². The van der Waals surface area contributed by atoms with Gasteiger partial charge in [-0.15, -0.1) is 0 Å². The number of aryl methyl sites for hydroxylation is 2. The van der Waals surface area contributed by atoms with E-state index in [4.69, 9.17) is 9.47 Å². The van der Waals surface area contributed by atoms with Crippen molar-refractivity contribution in [2.24, 2.45) is 0 Å². The van der Waals surface area contributed by atoms with Gasteiger partial charge in [0.1, 0.15) is 24.4 Å². The number of nitrogens with zero attached hydrogens (tertiary/aromatic N) is 3. The van der Waals surface area contributed by atoms with Gasteiger partial charge in [-0.3, -0.25) is 0 Å². The van der Waals surface area contributed by atoms with Gasteiger partial charge in [0, 0.05) is 0 Å². The molecule has 0 aliphatic carbocycles. The van der Waals surface area contributed by atoms with Crippen LogP contribution < -0.4 is 9.47 Å². The quantitative estimate of drug-likeness (QED) is 0.849. The molecule has 1 heterocycles. The van der Waals surface area contributed by atoms with Gasteiger partial charge in [0.15, 0.2) is 11.5 Å². The maximum Gasteiger partial charge on any atom is 0.161 e. The molecule has 0 bridgehead atoms. The fourth-order valence-corrected chi connectivity index (χ4v) is 2.27. The summed E-state index contributed by atoms with van der Waals surface area (Å²) in [7, 11) is 1.60. The fraction of sp³-hybridized carbons (Fsp3) is 0.412. The van der Waals surface area contributed by atoms with Crippen molar-refractivity contribution >= 4 is 6.08 Å². The third kappa shape index (κ3) is 4.56. The van der Waals surface area contributed by atoms with Crippen molar-refractivity contribution < 1.29 is 14.6 Å². The second kappa shape index (κ2) is 7.78. The van der Waals surface area contributed by atoms with E-state index in [1.807, 2.05) is 51.1 Å². The minimum absolute atomic E-state index is 0.150. The summed E-state index contributed by atoms with van der Waals surface area (Å²) < 4.78 is 12.7. The summed E-state index contributed by atoms with van der Waals surface area (Å²) in [5.41, 5.74) is 1.03. The summed E-state index contributed by atoms with van der Waals surface area (Å²) in [6.07, 6.45) is 3.26. The number of aliphatic hydroxyl groups excluding tert-OH is 1. The van der Waals surface area contributed by atoms with Gasteiger partial charge < -0.3 is 14.6 Å². The summed E-state index contributed by atoms with van der Waals surface area (Å²) in [4.78, 5) is 4.21. The van der Waals surface area contributed by atoms with Crippen molar-refractivity contribution in [1.29, 1.82) is 0 Å². The Hall–Kier alpha value is -2.34. The normalized spacial score (nSPS) is 12.6. The first-order valence-corrected chi connectivity index (χ1v) is 7.53. The number of allylic oxidation sites excluding steroid dienone is 1. The molecule has 6 nitrogen and oxygen atoms in total. The van der Waals surface area contributed by atoms with Crippen molar-refractivity contribution in [1.82, 2.24) is 14.8 Å². The molecule has 0 spiro atoms. The summed E-state index contributed by atoms with van der Waals surface area (Å²) in [6.45, 7) is 6.13. The molecule has 23 heavy (non-hydrogen) atoms. The summed E-state index contributed by atoms with van der Waals surface area (Å²) in [6, 6.07) is 5.67. The molecule has 1 unspecified atom stereocenters. The predicted octanol–water partition coefficient (Wildman–Crippen LogP) is 2.38. The maximum atomic E-state index is 10.1. The molecule has 2 rings (SSSR count). The molecule has 0 amide bonds. The number of aliphatic hydroxyl groups is 1. The van der Waals surface area contributed by atoms with E-state index in [0.29, 0.717) is 23.9 Å². The highest BCUT2D eigenvalue weighted by Gasteiger charge is 2.12. The van der Waals surface area contributed by atoms with E-state index in [0.717, 1.165) is 11.4 Å². The van der Waals surface area contributed by atoms with Crippen LogP contribution in [0.1, 0.15) is 24.1 Å². The van der Waals surface area contributed by atoms with Crippen molar-refractivity contribution in [2.45, 2.75) is 33.4 Å². The molecule has 2 aromatic rings. The van der Waals surface area contributed by atoms with Gasteiger partial charge in [-0.25, -0.2) is 9.67 Å². The van der Waals surface area contributed by atoms with Crippen LogP contribution in [0.4, 0.5) is 0 Å². The minimum Gasteiger partial charge on any atom is -0.493 e.